The van der Waals surface area contributed by atoms with E-state index in [4.69, 9.17) is 4.98 Å². The molecular formula is C24H23N3OS2. The lowest BCUT2D eigenvalue weighted by Gasteiger charge is -2.20. The Bertz CT molecular complexity index is 1140. The highest BCUT2D eigenvalue weighted by atomic mass is 32.2. The van der Waals surface area contributed by atoms with E-state index in [1.807, 2.05) is 30.3 Å². The van der Waals surface area contributed by atoms with Crippen LogP contribution < -0.4 is 4.90 Å². The molecule has 0 saturated carbocycles. The van der Waals surface area contributed by atoms with E-state index < -0.39 is 0 Å². The Balaban J connectivity index is 1.62. The van der Waals surface area contributed by atoms with Gasteiger partial charge in [0.05, 0.1) is 23.2 Å². The summed E-state index contributed by atoms with van der Waals surface area (Å²) in [5, 5.41) is 0.732. The molecule has 0 aliphatic rings. The lowest BCUT2D eigenvalue weighted by molar-refractivity contribution is -0.118. The van der Waals surface area contributed by atoms with Gasteiger partial charge in [-0.15, -0.1) is 11.8 Å². The fraction of sp³-hybridized carbons (Fsp3) is 0.208. The van der Waals surface area contributed by atoms with Crippen molar-refractivity contribution >= 4 is 44.4 Å². The van der Waals surface area contributed by atoms with Gasteiger partial charge in [-0.25, -0.2) is 4.98 Å². The van der Waals surface area contributed by atoms with Crippen LogP contribution in [0.15, 0.2) is 71.9 Å². The standard InChI is InChI=1S/C24H23N3OS2/c1-3-29-20-7-5-18(6-8-20)15-23(28)27(16-19-10-12-25-13-11-19)24-26-21-9-4-17(2)14-22(21)30-24/h4-14H,3,15-16H2,1-2H3. The molecule has 0 atom stereocenters. The second-order valence-corrected chi connectivity index (χ2v) is 9.40. The van der Waals surface area contributed by atoms with Crippen molar-refractivity contribution in [3.05, 3.63) is 83.7 Å². The third-order valence-corrected chi connectivity index (χ3v) is 6.68. The van der Waals surface area contributed by atoms with Crippen LogP contribution in [0.1, 0.15) is 23.6 Å². The van der Waals surface area contributed by atoms with Gasteiger partial charge < -0.3 is 0 Å². The Labute approximate surface area is 185 Å². The van der Waals surface area contributed by atoms with Crippen LogP contribution in [0.2, 0.25) is 0 Å². The highest BCUT2D eigenvalue weighted by Crippen LogP contribution is 2.31. The number of nitrogens with zero attached hydrogens (tertiary/aromatic N) is 3. The lowest BCUT2D eigenvalue weighted by atomic mass is 10.1. The molecule has 4 rings (SSSR count). The zero-order valence-electron chi connectivity index (χ0n) is 17.0. The van der Waals surface area contributed by atoms with E-state index in [2.05, 4.69) is 43.1 Å². The summed E-state index contributed by atoms with van der Waals surface area (Å²) in [6, 6.07) is 18.3. The second-order valence-electron chi connectivity index (χ2n) is 7.06. The number of hydrogen-bond acceptors (Lipinski definition) is 5. The maximum atomic E-state index is 13.3. The Morgan fingerprint density at radius 1 is 1.03 bits per heavy atom. The highest BCUT2D eigenvalue weighted by molar-refractivity contribution is 7.99. The Hall–Kier alpha value is -2.70. The largest absolute Gasteiger partial charge is 0.283 e. The van der Waals surface area contributed by atoms with Gasteiger partial charge in [0.2, 0.25) is 5.91 Å². The number of rotatable bonds is 7. The van der Waals surface area contributed by atoms with Gasteiger partial charge in [-0.3, -0.25) is 14.7 Å². The molecule has 2 aromatic heterocycles. The minimum atomic E-state index is 0.0403. The number of carbonyl (C=O) groups excluding carboxylic acids is 1. The molecule has 0 N–H and O–H groups in total. The molecule has 30 heavy (non-hydrogen) atoms. The Morgan fingerprint density at radius 2 is 1.80 bits per heavy atom. The number of fused-ring (bicyclic) bond motifs is 1. The quantitative estimate of drug-likeness (QED) is 0.341. The molecule has 0 fully saturated rings. The molecule has 1 amide bonds. The molecule has 0 spiro atoms. The number of carbonyl (C=O) groups is 1. The lowest BCUT2D eigenvalue weighted by Crippen LogP contribution is -2.31. The van der Waals surface area contributed by atoms with Crippen LogP contribution in [-0.4, -0.2) is 21.6 Å². The Kier molecular flexibility index (Phi) is 6.45. The van der Waals surface area contributed by atoms with E-state index >= 15 is 0 Å². The number of thioether (sulfide) groups is 1. The topological polar surface area (TPSA) is 46.1 Å². The van der Waals surface area contributed by atoms with Crippen LogP contribution in [0.3, 0.4) is 0 Å². The van der Waals surface area contributed by atoms with Crippen molar-refractivity contribution in [1.29, 1.82) is 0 Å². The molecule has 152 valence electrons. The van der Waals surface area contributed by atoms with Gasteiger partial charge >= 0.3 is 0 Å². The van der Waals surface area contributed by atoms with Gasteiger partial charge in [0, 0.05) is 17.3 Å². The van der Waals surface area contributed by atoms with E-state index in [9.17, 15) is 4.79 Å². The van der Waals surface area contributed by atoms with Gasteiger partial charge in [0.25, 0.3) is 0 Å². The van der Waals surface area contributed by atoms with Crippen molar-refractivity contribution in [2.24, 2.45) is 0 Å². The summed E-state index contributed by atoms with van der Waals surface area (Å²) in [7, 11) is 0. The minimum Gasteiger partial charge on any atom is -0.283 e. The molecule has 2 heterocycles. The first-order valence-corrected chi connectivity index (χ1v) is 11.7. The summed E-state index contributed by atoms with van der Waals surface area (Å²) in [6.45, 7) is 4.68. The highest BCUT2D eigenvalue weighted by Gasteiger charge is 2.20. The summed E-state index contributed by atoms with van der Waals surface area (Å²) in [5.74, 6) is 1.08. The zero-order valence-corrected chi connectivity index (χ0v) is 18.7. The fourth-order valence-electron chi connectivity index (χ4n) is 3.21. The molecule has 0 aliphatic carbocycles. The molecule has 6 heteroatoms. The maximum absolute atomic E-state index is 13.3. The summed E-state index contributed by atoms with van der Waals surface area (Å²) in [5.41, 5.74) is 4.16. The minimum absolute atomic E-state index is 0.0403. The third kappa shape index (κ3) is 4.89. The van der Waals surface area contributed by atoms with Gasteiger partial charge in [-0.1, -0.05) is 36.5 Å². The predicted octanol–water partition coefficient (Wildman–Crippen LogP) is 5.89. The number of anilines is 1. The molecule has 2 aromatic carbocycles. The van der Waals surface area contributed by atoms with Crippen molar-refractivity contribution in [1.82, 2.24) is 9.97 Å². The van der Waals surface area contributed by atoms with E-state index in [-0.39, 0.29) is 5.91 Å². The monoisotopic (exact) mass is 433 g/mol. The average Bonchev–Trinajstić information content (AvgIpc) is 3.17. The molecule has 4 aromatic rings. The average molecular weight is 434 g/mol. The summed E-state index contributed by atoms with van der Waals surface area (Å²) in [6.07, 6.45) is 3.85. The maximum Gasteiger partial charge on any atom is 0.233 e. The van der Waals surface area contributed by atoms with Gasteiger partial charge in [-0.05, 0) is 65.8 Å². The first-order chi connectivity index (χ1) is 14.6. The second kappa shape index (κ2) is 9.41. The van der Waals surface area contributed by atoms with E-state index in [1.54, 1.807) is 40.4 Å². The van der Waals surface area contributed by atoms with Crippen molar-refractivity contribution < 1.29 is 4.79 Å². The Morgan fingerprint density at radius 3 is 2.53 bits per heavy atom. The van der Waals surface area contributed by atoms with E-state index in [0.29, 0.717) is 13.0 Å². The van der Waals surface area contributed by atoms with Crippen molar-refractivity contribution in [2.45, 2.75) is 31.7 Å². The summed E-state index contributed by atoms with van der Waals surface area (Å²) >= 11 is 3.36. The predicted molar refractivity (Wildman–Crippen MR) is 126 cm³/mol. The van der Waals surface area contributed by atoms with Gasteiger partial charge in [0.1, 0.15) is 0 Å². The third-order valence-electron chi connectivity index (χ3n) is 4.74. The number of aryl methyl sites for hydroxylation is 1. The number of benzene rings is 2. The molecule has 0 aliphatic heterocycles. The number of thiazole rings is 1. The number of hydrogen-bond donors (Lipinski definition) is 0. The number of pyridine rings is 1. The van der Waals surface area contributed by atoms with Crippen molar-refractivity contribution in [3.8, 4) is 0 Å². The molecule has 0 radical (unpaired) electrons. The molecule has 0 unspecified atom stereocenters. The zero-order chi connectivity index (χ0) is 20.9. The van der Waals surface area contributed by atoms with Gasteiger partial charge in [-0.2, -0.15) is 0 Å². The first-order valence-electron chi connectivity index (χ1n) is 9.90. The molecule has 0 saturated heterocycles. The van der Waals surface area contributed by atoms with Crippen molar-refractivity contribution in [2.75, 3.05) is 10.7 Å². The van der Waals surface area contributed by atoms with Crippen LogP contribution in [0.25, 0.3) is 10.2 Å². The van der Waals surface area contributed by atoms with E-state index in [1.165, 1.54) is 10.5 Å². The van der Waals surface area contributed by atoms with Crippen LogP contribution >= 0.6 is 23.1 Å². The number of aromatic nitrogens is 2. The summed E-state index contributed by atoms with van der Waals surface area (Å²) in [4.78, 5) is 25.2. The fourth-order valence-corrected chi connectivity index (χ4v) is 4.95. The van der Waals surface area contributed by atoms with Crippen molar-refractivity contribution in [3.63, 3.8) is 0 Å². The van der Waals surface area contributed by atoms with Crippen LogP contribution in [0, 0.1) is 6.92 Å². The SMILES string of the molecule is CCSc1ccc(CC(=O)N(Cc2ccncc2)c2nc3ccc(C)cc3s2)cc1. The number of amides is 1. The van der Waals surface area contributed by atoms with Crippen LogP contribution in [-0.2, 0) is 17.8 Å². The van der Waals surface area contributed by atoms with Gasteiger partial charge in [0.15, 0.2) is 5.13 Å². The van der Waals surface area contributed by atoms with E-state index in [0.717, 1.165) is 32.2 Å². The normalized spacial score (nSPS) is 11.0. The molecule has 4 nitrogen and oxygen atoms in total. The first kappa shape index (κ1) is 20.6. The van der Waals surface area contributed by atoms with Crippen LogP contribution in [0.4, 0.5) is 5.13 Å². The smallest absolute Gasteiger partial charge is 0.233 e. The molecular weight excluding hydrogens is 410 g/mol. The summed E-state index contributed by atoms with van der Waals surface area (Å²) < 4.78 is 1.10. The molecule has 0 bridgehead atoms. The van der Waals surface area contributed by atoms with Crippen LogP contribution in [0.5, 0.6) is 0 Å².